The summed E-state index contributed by atoms with van der Waals surface area (Å²) in [6.07, 6.45) is -7.86. The molecule has 0 aliphatic rings. The van der Waals surface area contributed by atoms with Crippen LogP contribution in [0.25, 0.3) is 0 Å². The van der Waals surface area contributed by atoms with E-state index < -0.39 is 55.0 Å². The molecule has 0 saturated carbocycles. The van der Waals surface area contributed by atoms with E-state index in [0.717, 1.165) is 0 Å². The third-order valence-electron chi connectivity index (χ3n) is 2.35. The fraction of sp³-hybridized carbons (Fsp3) is 1.00. The maximum Gasteiger partial charge on any atom is 0.328 e. The van der Waals surface area contributed by atoms with Gasteiger partial charge in [-0.15, -0.1) is 0 Å². The minimum absolute atomic E-state index is 1.22. The van der Waals surface area contributed by atoms with E-state index in [4.69, 9.17) is 4.12 Å². The largest absolute Gasteiger partial charge is 0.415 e. The Kier molecular flexibility index (Phi) is 7.67. The average Bonchev–Trinajstić information content (AvgIpc) is 2.33. The molecule has 0 aromatic carbocycles. The molecule has 3 nitrogen and oxygen atoms in total. The Hall–Kier alpha value is -0.246. The van der Waals surface area contributed by atoms with Gasteiger partial charge in [0.2, 0.25) is 0 Å². The molecule has 0 aromatic heterocycles. The van der Waals surface area contributed by atoms with Crippen molar-refractivity contribution >= 4 is 17.1 Å². The third-order valence-corrected chi connectivity index (χ3v) is 7.97. The molecule has 0 fully saturated rings. The van der Waals surface area contributed by atoms with Crippen molar-refractivity contribution in [3.63, 3.8) is 0 Å². The second-order valence-corrected chi connectivity index (χ2v) is 12.6. The number of hydrogen-bond donors (Lipinski definition) is 0. The van der Waals surface area contributed by atoms with Gasteiger partial charge < -0.3 is 13.0 Å². The van der Waals surface area contributed by atoms with Gasteiger partial charge in [-0.3, -0.25) is 0 Å². The van der Waals surface area contributed by atoms with Crippen LogP contribution in [0.4, 0.5) is 35.1 Å². The molecule has 0 spiro atoms. The van der Waals surface area contributed by atoms with E-state index in [1.165, 1.54) is 26.2 Å². The summed E-state index contributed by atoms with van der Waals surface area (Å²) in [4.78, 5) is 0. The van der Waals surface area contributed by atoms with Crippen LogP contribution < -0.4 is 0 Å². The molecule has 0 rings (SSSR count). The molecular weight excluding hydrogens is 376 g/mol. The van der Waals surface area contributed by atoms with Gasteiger partial charge in [0.25, 0.3) is 0 Å². The molecule has 0 aliphatic heterocycles. The zero-order chi connectivity index (χ0) is 18.7. The van der Waals surface area contributed by atoms with Crippen LogP contribution in [0.5, 0.6) is 0 Å². The molecule has 0 bridgehead atoms. The third kappa shape index (κ3) is 8.42. The van der Waals surface area contributed by atoms with Crippen molar-refractivity contribution < 1.29 is 48.1 Å². The zero-order valence-electron chi connectivity index (χ0n) is 12.8. The number of hydrogen-bond acceptors (Lipinski definition) is 3. The van der Waals surface area contributed by atoms with Crippen LogP contribution >= 0.6 is 0 Å². The van der Waals surface area contributed by atoms with Crippen molar-refractivity contribution in [1.82, 2.24) is 0 Å². The molecule has 0 radical (unpaired) electrons. The van der Waals surface area contributed by atoms with Gasteiger partial charge in [-0.05, 0) is 26.2 Å². The van der Waals surface area contributed by atoms with Gasteiger partial charge in [-0.1, -0.05) is 0 Å². The number of halogens is 8. The first-order valence-electron chi connectivity index (χ1n) is 6.31. The maximum atomic E-state index is 12.8. The zero-order valence-corrected chi connectivity index (χ0v) is 14.8. The van der Waals surface area contributed by atoms with Crippen LogP contribution in [0, 0.1) is 0 Å². The van der Waals surface area contributed by atoms with E-state index in [2.05, 4.69) is 8.85 Å². The van der Waals surface area contributed by atoms with Gasteiger partial charge in [-0.2, -0.15) is 17.6 Å². The van der Waals surface area contributed by atoms with Crippen LogP contribution in [0.15, 0.2) is 0 Å². The van der Waals surface area contributed by atoms with Crippen LogP contribution in [-0.2, 0) is 13.0 Å². The van der Waals surface area contributed by atoms with Gasteiger partial charge in [0.1, 0.15) is 13.2 Å². The van der Waals surface area contributed by atoms with Gasteiger partial charge >= 0.3 is 41.8 Å². The van der Waals surface area contributed by atoms with E-state index in [1.807, 2.05) is 0 Å². The number of alkyl halides is 8. The molecule has 0 aromatic rings. The Morgan fingerprint density at radius 3 is 1.17 bits per heavy atom. The lowest BCUT2D eigenvalue weighted by molar-refractivity contribution is -0.154. The second kappa shape index (κ2) is 7.76. The normalized spacial score (nSPS) is 14.9. The first kappa shape index (κ1) is 22.8. The Bertz CT molecular complexity index is 345. The van der Waals surface area contributed by atoms with Crippen LogP contribution in [0.2, 0.25) is 26.2 Å². The predicted molar refractivity (Wildman–Crippen MR) is 69.9 cm³/mol. The fourth-order valence-electron chi connectivity index (χ4n) is 1.32. The summed E-state index contributed by atoms with van der Waals surface area (Å²) in [6.45, 7) is 1.66. The van der Waals surface area contributed by atoms with Crippen molar-refractivity contribution in [2.24, 2.45) is 0 Å². The van der Waals surface area contributed by atoms with Gasteiger partial charge in [-0.25, -0.2) is 17.6 Å². The van der Waals surface area contributed by atoms with Crippen LogP contribution in [0.1, 0.15) is 0 Å². The van der Waals surface area contributed by atoms with Gasteiger partial charge in [0.05, 0.1) is 0 Å². The highest BCUT2D eigenvalue weighted by atomic mass is 28.5. The highest BCUT2D eigenvalue weighted by Crippen LogP contribution is 2.28. The summed E-state index contributed by atoms with van der Waals surface area (Å²) in [7, 11) is -6.85. The molecular formula is C10H18F8O3Si2. The summed E-state index contributed by atoms with van der Waals surface area (Å²) < 4.78 is 114. The minimum atomic E-state index is -4.39. The van der Waals surface area contributed by atoms with Crippen molar-refractivity contribution in [3.05, 3.63) is 0 Å². The van der Waals surface area contributed by atoms with Gasteiger partial charge in [0, 0.05) is 0 Å². The standard InChI is InChI=1S/C10H18F8O3Si2/c1-22(2,19-5-9(15,16)7(11)12)21-23(3,4)20-6-10(17,18)8(13)14/h7-8H,5-6H2,1-4H3. The maximum absolute atomic E-state index is 12.8. The molecule has 23 heavy (non-hydrogen) atoms. The smallest absolute Gasteiger partial charge is 0.328 e. The van der Waals surface area contributed by atoms with Crippen molar-refractivity contribution in [1.29, 1.82) is 0 Å². The van der Waals surface area contributed by atoms with E-state index in [9.17, 15) is 35.1 Å². The fourth-order valence-corrected chi connectivity index (χ4v) is 7.60. The van der Waals surface area contributed by atoms with Crippen molar-refractivity contribution in [3.8, 4) is 0 Å². The lowest BCUT2D eigenvalue weighted by Crippen LogP contribution is -2.52. The monoisotopic (exact) mass is 394 g/mol. The molecule has 0 N–H and O–H groups in total. The average molecular weight is 394 g/mol. The van der Waals surface area contributed by atoms with Crippen LogP contribution in [-0.4, -0.2) is 55.0 Å². The molecule has 0 aliphatic carbocycles. The first-order chi connectivity index (χ1) is 10.0. The van der Waals surface area contributed by atoms with E-state index in [0.29, 0.717) is 0 Å². The lowest BCUT2D eigenvalue weighted by atomic mass is 10.4. The predicted octanol–water partition coefficient (Wildman–Crippen LogP) is 4.24. The van der Waals surface area contributed by atoms with Gasteiger partial charge in [0.15, 0.2) is 0 Å². The Balaban J connectivity index is 4.62. The molecule has 0 heterocycles. The lowest BCUT2D eigenvalue weighted by Gasteiger charge is -2.34. The molecule has 0 amide bonds. The summed E-state index contributed by atoms with van der Waals surface area (Å²) in [5, 5.41) is 0. The quantitative estimate of drug-likeness (QED) is 0.410. The number of rotatable bonds is 10. The Morgan fingerprint density at radius 1 is 0.696 bits per heavy atom. The summed E-state index contributed by atoms with van der Waals surface area (Å²) in [5.41, 5.74) is 0. The Labute approximate surface area is 130 Å². The second-order valence-electron chi connectivity index (χ2n) is 5.60. The van der Waals surface area contributed by atoms with E-state index in [-0.39, 0.29) is 0 Å². The van der Waals surface area contributed by atoms with E-state index >= 15 is 0 Å². The highest BCUT2D eigenvalue weighted by Gasteiger charge is 2.47. The minimum Gasteiger partial charge on any atom is -0.415 e. The Morgan fingerprint density at radius 2 is 0.957 bits per heavy atom. The van der Waals surface area contributed by atoms with E-state index in [1.54, 1.807) is 0 Å². The first-order valence-corrected chi connectivity index (χ1v) is 11.9. The van der Waals surface area contributed by atoms with Crippen molar-refractivity contribution in [2.45, 2.75) is 50.9 Å². The molecule has 0 unspecified atom stereocenters. The van der Waals surface area contributed by atoms with Crippen molar-refractivity contribution in [2.75, 3.05) is 13.2 Å². The summed E-state index contributed by atoms with van der Waals surface area (Å²) >= 11 is 0. The highest BCUT2D eigenvalue weighted by molar-refractivity contribution is 6.78. The summed E-state index contributed by atoms with van der Waals surface area (Å²) in [5.74, 6) is -8.77. The molecule has 0 atom stereocenters. The molecule has 0 saturated heterocycles. The summed E-state index contributed by atoms with van der Waals surface area (Å²) in [6, 6.07) is 0. The SMILES string of the molecule is C[Si](C)(OCC(F)(F)C(F)F)O[Si](C)(C)OCC(F)(F)C(F)F. The van der Waals surface area contributed by atoms with Crippen LogP contribution in [0.3, 0.4) is 0 Å². The topological polar surface area (TPSA) is 27.7 Å². The molecule has 140 valence electrons. The molecule has 13 heteroatoms.